The van der Waals surface area contributed by atoms with Crippen molar-refractivity contribution >= 4 is 27.5 Å². The number of nitrogens with zero attached hydrogens (tertiary/aromatic N) is 3. The summed E-state index contributed by atoms with van der Waals surface area (Å²) in [7, 11) is 4.09. The molecule has 0 aliphatic rings. The van der Waals surface area contributed by atoms with Crippen LogP contribution in [0.3, 0.4) is 0 Å². The number of hydrogen-bond donors (Lipinski definition) is 1. The molecule has 0 atom stereocenters. The Kier molecular flexibility index (Phi) is 3.13. The molecule has 0 unspecified atom stereocenters. The van der Waals surface area contributed by atoms with E-state index >= 15 is 0 Å². The normalized spacial score (nSPS) is 11.1. The fraction of sp³-hybridized carbons (Fsp3) is 0.400. The Hall–Kier alpha value is -1.20. The van der Waals surface area contributed by atoms with Gasteiger partial charge in [0.15, 0.2) is 0 Å². The fourth-order valence-electron chi connectivity index (χ4n) is 1.24. The highest BCUT2D eigenvalue weighted by atomic mass is 32.1. The summed E-state index contributed by atoms with van der Waals surface area (Å²) in [5, 5.41) is 5.23. The Morgan fingerprint density at radius 1 is 1.47 bits per heavy atom. The van der Waals surface area contributed by atoms with Gasteiger partial charge in [-0.3, -0.25) is 0 Å². The number of thiophene rings is 1. The third-order valence-electron chi connectivity index (χ3n) is 2.05. The molecule has 5 heteroatoms. The number of nitrogens with one attached hydrogen (secondary N) is 1. The van der Waals surface area contributed by atoms with Crippen molar-refractivity contribution in [1.29, 1.82) is 0 Å². The van der Waals surface area contributed by atoms with Gasteiger partial charge in [-0.1, -0.05) is 0 Å². The summed E-state index contributed by atoms with van der Waals surface area (Å²) in [6.45, 7) is 1.84. The summed E-state index contributed by atoms with van der Waals surface area (Å²) < 4.78 is 1.13. The van der Waals surface area contributed by atoms with Crippen molar-refractivity contribution in [2.24, 2.45) is 0 Å². The van der Waals surface area contributed by atoms with Crippen molar-refractivity contribution in [2.75, 3.05) is 32.5 Å². The van der Waals surface area contributed by atoms with Crippen LogP contribution in [0.4, 0.5) is 5.95 Å². The molecule has 15 heavy (non-hydrogen) atoms. The maximum atomic E-state index is 4.40. The van der Waals surface area contributed by atoms with Crippen LogP contribution in [0.5, 0.6) is 0 Å². The first-order chi connectivity index (χ1) is 7.25. The number of anilines is 1. The minimum absolute atomic E-state index is 0.711. The van der Waals surface area contributed by atoms with Gasteiger partial charge in [0.05, 0.1) is 16.4 Å². The Labute approximate surface area is 93.0 Å². The smallest absolute Gasteiger partial charge is 0.223 e. The van der Waals surface area contributed by atoms with Gasteiger partial charge in [-0.05, 0) is 25.5 Å². The number of rotatable bonds is 4. The van der Waals surface area contributed by atoms with Crippen molar-refractivity contribution in [2.45, 2.75) is 0 Å². The lowest BCUT2D eigenvalue weighted by Gasteiger charge is -2.09. The molecule has 0 aliphatic carbocycles. The number of fused-ring (bicyclic) bond motifs is 1. The van der Waals surface area contributed by atoms with Gasteiger partial charge < -0.3 is 10.2 Å². The number of aromatic nitrogens is 2. The molecule has 80 valence electrons. The summed E-state index contributed by atoms with van der Waals surface area (Å²) in [5.41, 5.74) is 1.02. The summed E-state index contributed by atoms with van der Waals surface area (Å²) >= 11 is 1.66. The number of likely N-dealkylation sites (N-methyl/N-ethyl adjacent to an activating group) is 1. The molecule has 1 N–H and O–H groups in total. The van der Waals surface area contributed by atoms with E-state index in [0.717, 1.165) is 23.3 Å². The topological polar surface area (TPSA) is 41.0 Å². The van der Waals surface area contributed by atoms with Crippen LogP contribution < -0.4 is 5.32 Å². The lowest BCUT2D eigenvalue weighted by atomic mass is 10.5. The first-order valence-corrected chi connectivity index (χ1v) is 5.72. The average Bonchev–Trinajstić information content (AvgIpc) is 2.64. The molecular weight excluding hydrogens is 208 g/mol. The molecule has 0 spiro atoms. The first kappa shape index (κ1) is 10.3. The third kappa shape index (κ3) is 2.64. The van der Waals surface area contributed by atoms with Gasteiger partial charge in [-0.15, -0.1) is 11.3 Å². The van der Waals surface area contributed by atoms with Crippen LogP contribution in [0, 0.1) is 0 Å². The average molecular weight is 222 g/mol. The first-order valence-electron chi connectivity index (χ1n) is 4.84. The Balaban J connectivity index is 2.02. The van der Waals surface area contributed by atoms with Crippen molar-refractivity contribution < 1.29 is 0 Å². The molecule has 0 saturated heterocycles. The van der Waals surface area contributed by atoms with Crippen molar-refractivity contribution in [3.63, 3.8) is 0 Å². The standard InChI is InChI=1S/C10H14N4S/c1-14(2)5-4-11-10-12-7-9-8(13-10)3-6-15-9/h3,6-7H,4-5H2,1-2H3,(H,11,12,13). The van der Waals surface area contributed by atoms with E-state index in [-0.39, 0.29) is 0 Å². The molecule has 2 aromatic heterocycles. The molecule has 0 saturated carbocycles. The maximum absolute atomic E-state index is 4.40. The second-order valence-corrected chi connectivity index (χ2v) is 4.54. The van der Waals surface area contributed by atoms with Gasteiger partial charge in [0.1, 0.15) is 0 Å². The van der Waals surface area contributed by atoms with E-state index in [4.69, 9.17) is 0 Å². The van der Waals surface area contributed by atoms with Crippen molar-refractivity contribution in [3.8, 4) is 0 Å². The maximum Gasteiger partial charge on any atom is 0.223 e. The second-order valence-electron chi connectivity index (χ2n) is 3.59. The van der Waals surface area contributed by atoms with E-state index < -0.39 is 0 Å². The molecule has 0 fully saturated rings. The van der Waals surface area contributed by atoms with Gasteiger partial charge in [-0.2, -0.15) is 0 Å². The monoisotopic (exact) mass is 222 g/mol. The van der Waals surface area contributed by atoms with E-state index in [1.807, 2.05) is 31.7 Å². The third-order valence-corrected chi connectivity index (χ3v) is 2.89. The molecule has 0 amide bonds. The molecule has 2 rings (SSSR count). The van der Waals surface area contributed by atoms with E-state index in [2.05, 4.69) is 20.2 Å². The highest BCUT2D eigenvalue weighted by molar-refractivity contribution is 7.17. The summed E-state index contributed by atoms with van der Waals surface area (Å²) in [6, 6.07) is 2.01. The predicted octanol–water partition coefficient (Wildman–Crippen LogP) is 1.66. The minimum atomic E-state index is 0.711. The van der Waals surface area contributed by atoms with E-state index in [9.17, 15) is 0 Å². The molecular formula is C10H14N4S. The van der Waals surface area contributed by atoms with Crippen LogP contribution in [0.2, 0.25) is 0 Å². The zero-order valence-corrected chi connectivity index (χ0v) is 9.71. The van der Waals surface area contributed by atoms with Crippen LogP contribution in [-0.4, -0.2) is 42.1 Å². The largest absolute Gasteiger partial charge is 0.353 e. The van der Waals surface area contributed by atoms with Crippen LogP contribution in [0.25, 0.3) is 10.2 Å². The molecule has 4 nitrogen and oxygen atoms in total. The van der Waals surface area contributed by atoms with Gasteiger partial charge in [0, 0.05) is 13.1 Å². The van der Waals surface area contributed by atoms with Crippen LogP contribution in [-0.2, 0) is 0 Å². The predicted molar refractivity (Wildman–Crippen MR) is 64.5 cm³/mol. The molecule has 2 heterocycles. The summed E-state index contributed by atoms with van der Waals surface area (Å²) in [5.74, 6) is 0.711. The van der Waals surface area contributed by atoms with Gasteiger partial charge in [-0.25, -0.2) is 9.97 Å². The Morgan fingerprint density at radius 2 is 2.33 bits per heavy atom. The highest BCUT2D eigenvalue weighted by Gasteiger charge is 1.99. The Bertz CT molecular complexity index is 438. The second kappa shape index (κ2) is 4.55. The van der Waals surface area contributed by atoms with E-state index in [0.29, 0.717) is 5.95 Å². The van der Waals surface area contributed by atoms with Gasteiger partial charge in [0.2, 0.25) is 5.95 Å². The van der Waals surface area contributed by atoms with Gasteiger partial charge >= 0.3 is 0 Å². The number of hydrogen-bond acceptors (Lipinski definition) is 5. The lowest BCUT2D eigenvalue weighted by molar-refractivity contribution is 0.425. The van der Waals surface area contributed by atoms with Crippen LogP contribution >= 0.6 is 11.3 Å². The highest BCUT2D eigenvalue weighted by Crippen LogP contribution is 2.18. The van der Waals surface area contributed by atoms with E-state index in [1.54, 1.807) is 11.3 Å². The zero-order chi connectivity index (χ0) is 10.7. The molecule has 2 aromatic rings. The SMILES string of the molecule is CN(C)CCNc1ncc2sccc2n1. The van der Waals surface area contributed by atoms with Crippen molar-refractivity contribution in [1.82, 2.24) is 14.9 Å². The molecule has 0 aliphatic heterocycles. The minimum Gasteiger partial charge on any atom is -0.353 e. The zero-order valence-electron chi connectivity index (χ0n) is 8.90. The van der Waals surface area contributed by atoms with Crippen LogP contribution in [0.1, 0.15) is 0 Å². The quantitative estimate of drug-likeness (QED) is 0.854. The lowest BCUT2D eigenvalue weighted by Crippen LogP contribution is -2.21. The molecule has 0 aromatic carbocycles. The molecule has 0 radical (unpaired) electrons. The summed E-state index contributed by atoms with van der Waals surface area (Å²) in [6.07, 6.45) is 1.87. The van der Waals surface area contributed by atoms with E-state index in [1.165, 1.54) is 0 Å². The van der Waals surface area contributed by atoms with Crippen molar-refractivity contribution in [3.05, 3.63) is 17.6 Å². The van der Waals surface area contributed by atoms with Crippen LogP contribution in [0.15, 0.2) is 17.6 Å². The fourth-order valence-corrected chi connectivity index (χ4v) is 1.93. The molecule has 0 bridgehead atoms. The van der Waals surface area contributed by atoms with Gasteiger partial charge in [0.25, 0.3) is 0 Å². The summed E-state index contributed by atoms with van der Waals surface area (Å²) in [4.78, 5) is 10.8. The Morgan fingerprint density at radius 3 is 3.13 bits per heavy atom.